The summed E-state index contributed by atoms with van der Waals surface area (Å²) in [5.41, 5.74) is 0. The number of guanidine groups is 1. The second kappa shape index (κ2) is 8.93. The van der Waals surface area contributed by atoms with Gasteiger partial charge < -0.3 is 15.4 Å². The lowest BCUT2D eigenvalue weighted by Crippen LogP contribution is -2.46. The van der Waals surface area contributed by atoms with Crippen LogP contribution < -0.4 is 10.6 Å². The first-order valence-corrected chi connectivity index (χ1v) is 9.28. The highest BCUT2D eigenvalue weighted by Gasteiger charge is 2.23. The maximum absolute atomic E-state index is 5.50. The Balaban J connectivity index is 1.58. The van der Waals surface area contributed by atoms with Gasteiger partial charge in [-0.15, -0.1) is 11.3 Å². The number of rotatable bonds is 6. The van der Waals surface area contributed by atoms with Crippen LogP contribution >= 0.6 is 11.3 Å². The Morgan fingerprint density at radius 3 is 2.88 bits per heavy atom. The monoisotopic (exact) mass is 363 g/mol. The predicted octanol–water partition coefficient (Wildman–Crippen LogP) is 0.615. The highest BCUT2D eigenvalue weighted by Crippen LogP contribution is 2.25. The van der Waals surface area contributed by atoms with Gasteiger partial charge in [0.15, 0.2) is 5.96 Å². The molecule has 0 aliphatic carbocycles. The third-order valence-corrected chi connectivity index (χ3v) is 5.24. The molecule has 3 heterocycles. The lowest BCUT2D eigenvalue weighted by Gasteiger charge is -2.34. The van der Waals surface area contributed by atoms with Gasteiger partial charge in [0.1, 0.15) is 12.2 Å². The maximum Gasteiger partial charge on any atom is 0.191 e. The molecule has 1 atom stereocenters. The summed E-state index contributed by atoms with van der Waals surface area (Å²) >= 11 is 1.79. The van der Waals surface area contributed by atoms with E-state index in [1.807, 2.05) is 7.05 Å². The molecule has 25 heavy (non-hydrogen) atoms. The summed E-state index contributed by atoms with van der Waals surface area (Å²) in [5.74, 6) is 1.63. The SMILES string of the molecule is CN=C(NCc1ncnn1C)NCC(c1cccs1)N1CCOCC1. The van der Waals surface area contributed by atoms with Crippen LogP contribution in [-0.4, -0.2) is 65.5 Å². The van der Waals surface area contributed by atoms with Gasteiger partial charge in [-0.3, -0.25) is 14.6 Å². The van der Waals surface area contributed by atoms with Crippen molar-refractivity contribution >= 4 is 17.3 Å². The minimum Gasteiger partial charge on any atom is -0.379 e. The number of morpholine rings is 1. The topological polar surface area (TPSA) is 79.6 Å². The highest BCUT2D eigenvalue weighted by atomic mass is 32.1. The van der Waals surface area contributed by atoms with E-state index < -0.39 is 0 Å². The van der Waals surface area contributed by atoms with E-state index in [2.05, 4.69) is 48.1 Å². The maximum atomic E-state index is 5.50. The molecular weight excluding hydrogens is 338 g/mol. The molecule has 1 fully saturated rings. The summed E-state index contributed by atoms with van der Waals surface area (Å²) in [4.78, 5) is 12.4. The van der Waals surface area contributed by atoms with Crippen molar-refractivity contribution < 1.29 is 4.74 Å². The zero-order valence-corrected chi connectivity index (χ0v) is 15.5. The summed E-state index contributed by atoms with van der Waals surface area (Å²) in [5, 5.41) is 12.9. The lowest BCUT2D eigenvalue weighted by molar-refractivity contribution is 0.0177. The van der Waals surface area contributed by atoms with E-state index in [4.69, 9.17) is 4.74 Å². The van der Waals surface area contributed by atoms with Gasteiger partial charge in [-0.1, -0.05) is 6.07 Å². The van der Waals surface area contributed by atoms with Crippen LogP contribution in [0.3, 0.4) is 0 Å². The smallest absolute Gasteiger partial charge is 0.191 e. The molecule has 1 saturated heterocycles. The molecule has 1 aliphatic rings. The fourth-order valence-corrected chi connectivity index (χ4v) is 3.70. The number of aryl methyl sites for hydroxylation is 1. The summed E-state index contributed by atoms with van der Waals surface area (Å²) in [6.45, 7) is 4.86. The number of ether oxygens (including phenoxy) is 1. The molecule has 8 nitrogen and oxygen atoms in total. The molecule has 136 valence electrons. The van der Waals surface area contributed by atoms with Crippen molar-refractivity contribution in [3.8, 4) is 0 Å². The predicted molar refractivity (Wildman–Crippen MR) is 98.7 cm³/mol. The van der Waals surface area contributed by atoms with E-state index >= 15 is 0 Å². The summed E-state index contributed by atoms with van der Waals surface area (Å²) < 4.78 is 7.25. The second-order valence-corrected chi connectivity index (χ2v) is 6.77. The Bertz CT molecular complexity index is 664. The number of nitrogens with one attached hydrogen (secondary N) is 2. The van der Waals surface area contributed by atoms with Crippen LogP contribution in [0.1, 0.15) is 16.7 Å². The van der Waals surface area contributed by atoms with Gasteiger partial charge in [0.2, 0.25) is 0 Å². The largest absolute Gasteiger partial charge is 0.379 e. The molecule has 0 saturated carbocycles. The molecule has 1 aliphatic heterocycles. The first-order chi connectivity index (χ1) is 12.3. The molecular formula is C16H25N7OS. The fraction of sp³-hybridized carbons (Fsp3) is 0.562. The number of hydrogen-bond donors (Lipinski definition) is 2. The van der Waals surface area contributed by atoms with Gasteiger partial charge in [-0.05, 0) is 11.4 Å². The van der Waals surface area contributed by atoms with Gasteiger partial charge in [0.05, 0.1) is 25.8 Å². The van der Waals surface area contributed by atoms with Crippen LogP contribution in [0.15, 0.2) is 28.8 Å². The molecule has 2 aromatic rings. The molecule has 2 N–H and O–H groups in total. The lowest BCUT2D eigenvalue weighted by atomic mass is 10.2. The fourth-order valence-electron chi connectivity index (χ4n) is 2.84. The van der Waals surface area contributed by atoms with Crippen LogP contribution in [-0.2, 0) is 18.3 Å². The van der Waals surface area contributed by atoms with E-state index in [0.29, 0.717) is 12.6 Å². The summed E-state index contributed by atoms with van der Waals surface area (Å²) in [6, 6.07) is 4.62. The molecule has 0 radical (unpaired) electrons. The van der Waals surface area contributed by atoms with Crippen molar-refractivity contribution in [2.75, 3.05) is 39.9 Å². The third kappa shape index (κ3) is 4.77. The van der Waals surface area contributed by atoms with Gasteiger partial charge in [-0.25, -0.2) is 4.98 Å². The van der Waals surface area contributed by atoms with Crippen molar-refractivity contribution in [1.29, 1.82) is 0 Å². The van der Waals surface area contributed by atoms with Gasteiger partial charge in [-0.2, -0.15) is 5.10 Å². The number of hydrogen-bond acceptors (Lipinski definition) is 6. The molecule has 1 unspecified atom stereocenters. The second-order valence-electron chi connectivity index (χ2n) is 5.79. The van der Waals surface area contributed by atoms with Gasteiger partial charge in [0, 0.05) is 38.6 Å². The van der Waals surface area contributed by atoms with Crippen molar-refractivity contribution in [1.82, 2.24) is 30.3 Å². The Morgan fingerprint density at radius 2 is 2.24 bits per heavy atom. The van der Waals surface area contributed by atoms with E-state index in [1.165, 1.54) is 4.88 Å². The number of nitrogens with zero attached hydrogens (tertiary/aromatic N) is 5. The van der Waals surface area contributed by atoms with Crippen LogP contribution in [0, 0.1) is 0 Å². The molecule has 9 heteroatoms. The van der Waals surface area contributed by atoms with Crippen molar-refractivity contribution in [3.05, 3.63) is 34.5 Å². The van der Waals surface area contributed by atoms with Crippen LogP contribution in [0.5, 0.6) is 0 Å². The Labute approximate surface area is 151 Å². The molecule has 3 rings (SSSR count). The quantitative estimate of drug-likeness (QED) is 0.578. The molecule has 2 aromatic heterocycles. The standard InChI is InChI=1S/C16H25N7OS/c1-17-16(19-11-15-20-12-21-22(15)2)18-10-13(14-4-3-9-25-14)23-5-7-24-8-6-23/h3-4,9,12-13H,5-8,10-11H2,1-2H3,(H2,17,18,19). The molecule has 0 aromatic carbocycles. The normalized spacial score (nSPS) is 17.4. The van der Waals surface area contributed by atoms with E-state index in [0.717, 1.165) is 44.6 Å². The third-order valence-electron chi connectivity index (χ3n) is 4.26. The Hall–Kier alpha value is -1.97. The first-order valence-electron chi connectivity index (χ1n) is 8.40. The zero-order valence-electron chi connectivity index (χ0n) is 14.7. The summed E-state index contributed by atoms with van der Waals surface area (Å²) in [6.07, 6.45) is 1.55. The minimum absolute atomic E-state index is 0.317. The van der Waals surface area contributed by atoms with Crippen LogP contribution in [0.25, 0.3) is 0 Å². The van der Waals surface area contributed by atoms with Crippen LogP contribution in [0.4, 0.5) is 0 Å². The number of aliphatic imine (C=N–C) groups is 1. The molecule has 0 spiro atoms. The molecule has 0 bridgehead atoms. The number of thiophene rings is 1. The van der Waals surface area contributed by atoms with Crippen molar-refractivity contribution in [2.24, 2.45) is 12.0 Å². The Kier molecular flexibility index (Phi) is 6.37. The zero-order chi connectivity index (χ0) is 17.5. The highest BCUT2D eigenvalue weighted by molar-refractivity contribution is 7.10. The van der Waals surface area contributed by atoms with Crippen molar-refractivity contribution in [3.63, 3.8) is 0 Å². The molecule has 0 amide bonds. The Morgan fingerprint density at radius 1 is 1.40 bits per heavy atom. The van der Waals surface area contributed by atoms with Gasteiger partial charge >= 0.3 is 0 Å². The number of aromatic nitrogens is 3. The average molecular weight is 363 g/mol. The van der Waals surface area contributed by atoms with Crippen molar-refractivity contribution in [2.45, 2.75) is 12.6 Å². The summed E-state index contributed by atoms with van der Waals surface area (Å²) in [7, 11) is 3.66. The van der Waals surface area contributed by atoms with E-state index in [-0.39, 0.29) is 0 Å². The van der Waals surface area contributed by atoms with Gasteiger partial charge in [0.25, 0.3) is 0 Å². The van der Waals surface area contributed by atoms with Crippen LogP contribution in [0.2, 0.25) is 0 Å². The first kappa shape index (κ1) is 17.8. The minimum atomic E-state index is 0.317. The van der Waals surface area contributed by atoms with E-state index in [9.17, 15) is 0 Å². The van der Waals surface area contributed by atoms with E-state index in [1.54, 1.807) is 29.4 Å². The average Bonchev–Trinajstić information content (AvgIpc) is 3.31.